The molecule has 7 heteroatoms. The number of likely N-dealkylation sites (N-methyl/N-ethyl adjacent to an activating group) is 1. The average Bonchev–Trinajstić information content (AvgIpc) is 2.33. The number of alkyl halides is 3. The number of carbonyl (C=O) groups excluding carboxylic acids is 1. The van der Waals surface area contributed by atoms with Crippen LogP contribution in [0.5, 0.6) is 5.75 Å². The number of rotatable bonds is 5. The van der Waals surface area contributed by atoms with Gasteiger partial charge in [-0.2, -0.15) is 0 Å². The second-order valence-electron chi connectivity index (χ2n) is 3.84. The van der Waals surface area contributed by atoms with E-state index >= 15 is 0 Å². The quantitative estimate of drug-likeness (QED) is 0.898. The molecule has 0 aromatic heterocycles. The number of hydrogen-bond acceptors (Lipinski definition) is 3. The summed E-state index contributed by atoms with van der Waals surface area (Å²) in [7, 11) is 1.65. The van der Waals surface area contributed by atoms with E-state index in [1.807, 2.05) is 6.92 Å². The third-order valence-electron chi connectivity index (χ3n) is 2.41. The molecule has 0 saturated heterocycles. The Morgan fingerprint density at radius 2 is 2.11 bits per heavy atom. The van der Waals surface area contributed by atoms with E-state index in [2.05, 4.69) is 10.1 Å². The van der Waals surface area contributed by atoms with Crippen molar-refractivity contribution in [2.24, 2.45) is 0 Å². The predicted molar refractivity (Wildman–Crippen MR) is 64.9 cm³/mol. The van der Waals surface area contributed by atoms with Crippen LogP contribution >= 0.6 is 0 Å². The van der Waals surface area contributed by atoms with Crippen LogP contribution in [0.4, 0.5) is 18.9 Å². The van der Waals surface area contributed by atoms with E-state index in [1.165, 1.54) is 23.1 Å². The summed E-state index contributed by atoms with van der Waals surface area (Å²) >= 11 is 0. The number of nitrogens with zero attached hydrogens (tertiary/aromatic N) is 1. The lowest BCUT2D eigenvalue weighted by atomic mass is 10.3. The second kappa shape index (κ2) is 6.31. The van der Waals surface area contributed by atoms with Crippen LogP contribution in [0.25, 0.3) is 0 Å². The SMILES string of the molecule is CCN(C)C(=O)CNc1cccc(OC(F)(F)F)c1. The largest absolute Gasteiger partial charge is 0.573 e. The van der Waals surface area contributed by atoms with Crippen LogP contribution in [0, 0.1) is 0 Å². The number of carbonyl (C=O) groups is 1. The Hall–Kier alpha value is -1.92. The maximum absolute atomic E-state index is 12.0. The highest BCUT2D eigenvalue weighted by Crippen LogP contribution is 2.24. The first-order valence-electron chi connectivity index (χ1n) is 5.65. The highest BCUT2D eigenvalue weighted by atomic mass is 19.4. The van der Waals surface area contributed by atoms with E-state index in [0.29, 0.717) is 12.2 Å². The normalized spacial score (nSPS) is 11.0. The Kier molecular flexibility index (Phi) is 5.02. The predicted octanol–water partition coefficient (Wildman–Crippen LogP) is 2.48. The summed E-state index contributed by atoms with van der Waals surface area (Å²) in [6.45, 7) is 2.41. The Morgan fingerprint density at radius 3 is 2.68 bits per heavy atom. The molecule has 1 amide bonds. The van der Waals surface area contributed by atoms with E-state index in [1.54, 1.807) is 13.1 Å². The Bertz CT molecular complexity index is 435. The molecule has 106 valence electrons. The minimum atomic E-state index is -4.73. The van der Waals surface area contributed by atoms with Crippen molar-refractivity contribution in [1.29, 1.82) is 0 Å². The van der Waals surface area contributed by atoms with Gasteiger partial charge in [0, 0.05) is 25.3 Å². The van der Waals surface area contributed by atoms with Gasteiger partial charge in [0.1, 0.15) is 5.75 Å². The van der Waals surface area contributed by atoms with E-state index in [-0.39, 0.29) is 18.2 Å². The number of anilines is 1. The highest BCUT2D eigenvalue weighted by Gasteiger charge is 2.31. The van der Waals surface area contributed by atoms with Gasteiger partial charge in [-0.05, 0) is 19.1 Å². The summed E-state index contributed by atoms with van der Waals surface area (Å²) in [5.74, 6) is -0.474. The molecule has 0 aliphatic carbocycles. The van der Waals surface area contributed by atoms with Crippen molar-refractivity contribution < 1.29 is 22.7 Å². The van der Waals surface area contributed by atoms with Gasteiger partial charge in [0.25, 0.3) is 0 Å². The molecule has 1 rings (SSSR count). The fourth-order valence-electron chi connectivity index (χ4n) is 1.29. The summed E-state index contributed by atoms with van der Waals surface area (Å²) in [6.07, 6.45) is -4.73. The highest BCUT2D eigenvalue weighted by molar-refractivity contribution is 5.80. The molecular weight excluding hydrogens is 261 g/mol. The van der Waals surface area contributed by atoms with Gasteiger partial charge in [-0.1, -0.05) is 6.07 Å². The maximum Gasteiger partial charge on any atom is 0.573 e. The lowest BCUT2D eigenvalue weighted by molar-refractivity contribution is -0.274. The van der Waals surface area contributed by atoms with Crippen LogP contribution in [0.3, 0.4) is 0 Å². The summed E-state index contributed by atoms with van der Waals surface area (Å²) < 4.78 is 39.9. The van der Waals surface area contributed by atoms with Gasteiger partial charge in [0.05, 0.1) is 6.54 Å². The molecule has 0 fully saturated rings. The summed E-state index contributed by atoms with van der Waals surface area (Å²) in [5.41, 5.74) is 0.389. The number of amides is 1. The lowest BCUT2D eigenvalue weighted by Crippen LogP contribution is -2.31. The molecule has 0 saturated carbocycles. The molecule has 1 aromatic rings. The zero-order chi connectivity index (χ0) is 14.5. The molecule has 0 bridgehead atoms. The minimum absolute atomic E-state index is 0.0137. The van der Waals surface area contributed by atoms with Crippen LogP contribution in [-0.2, 0) is 4.79 Å². The molecule has 0 heterocycles. The molecular formula is C12H15F3N2O2. The zero-order valence-corrected chi connectivity index (χ0v) is 10.6. The lowest BCUT2D eigenvalue weighted by Gasteiger charge is -2.15. The fraction of sp³-hybridized carbons (Fsp3) is 0.417. The molecule has 0 atom stereocenters. The number of ether oxygens (including phenoxy) is 1. The van der Waals surface area contributed by atoms with Crippen molar-refractivity contribution in [3.05, 3.63) is 24.3 Å². The number of hydrogen-bond donors (Lipinski definition) is 1. The Labute approximate surface area is 109 Å². The molecule has 0 aliphatic rings. The van der Waals surface area contributed by atoms with Crippen molar-refractivity contribution in [2.45, 2.75) is 13.3 Å². The number of halogens is 3. The van der Waals surface area contributed by atoms with Gasteiger partial charge < -0.3 is 15.0 Å². The van der Waals surface area contributed by atoms with Crippen LogP contribution in [-0.4, -0.2) is 37.3 Å². The van der Waals surface area contributed by atoms with Crippen LogP contribution < -0.4 is 10.1 Å². The fourth-order valence-corrected chi connectivity index (χ4v) is 1.29. The summed E-state index contributed by atoms with van der Waals surface area (Å²) in [4.78, 5) is 13.0. The smallest absolute Gasteiger partial charge is 0.406 e. The minimum Gasteiger partial charge on any atom is -0.406 e. The summed E-state index contributed by atoms with van der Waals surface area (Å²) in [6, 6.07) is 5.35. The van der Waals surface area contributed by atoms with Crippen LogP contribution in [0.2, 0.25) is 0 Å². The molecule has 0 radical (unpaired) electrons. The first-order chi connectivity index (χ1) is 8.81. The maximum atomic E-state index is 12.0. The van der Waals surface area contributed by atoms with Gasteiger partial charge in [0.15, 0.2) is 0 Å². The van der Waals surface area contributed by atoms with E-state index < -0.39 is 6.36 Å². The van der Waals surface area contributed by atoms with Gasteiger partial charge in [-0.3, -0.25) is 4.79 Å². The molecule has 0 spiro atoms. The molecule has 0 aliphatic heterocycles. The first kappa shape index (κ1) is 15.1. The molecule has 19 heavy (non-hydrogen) atoms. The van der Waals surface area contributed by atoms with Gasteiger partial charge >= 0.3 is 6.36 Å². The van der Waals surface area contributed by atoms with Crippen molar-refractivity contribution >= 4 is 11.6 Å². The molecule has 1 N–H and O–H groups in total. The van der Waals surface area contributed by atoms with Crippen LogP contribution in [0.15, 0.2) is 24.3 Å². The molecule has 4 nitrogen and oxygen atoms in total. The second-order valence-corrected chi connectivity index (χ2v) is 3.84. The number of benzene rings is 1. The number of nitrogens with one attached hydrogen (secondary N) is 1. The monoisotopic (exact) mass is 276 g/mol. The molecule has 0 unspecified atom stereocenters. The zero-order valence-electron chi connectivity index (χ0n) is 10.6. The topological polar surface area (TPSA) is 41.6 Å². The third kappa shape index (κ3) is 5.50. The van der Waals surface area contributed by atoms with E-state index in [4.69, 9.17) is 0 Å². The van der Waals surface area contributed by atoms with Crippen molar-refractivity contribution in [3.63, 3.8) is 0 Å². The summed E-state index contributed by atoms with van der Waals surface area (Å²) in [5, 5.41) is 2.75. The standard InChI is InChI=1S/C12H15F3N2O2/c1-3-17(2)11(18)8-16-9-5-4-6-10(7-9)19-12(13,14)15/h4-7,16H,3,8H2,1-2H3. The molecule has 1 aromatic carbocycles. The Morgan fingerprint density at radius 1 is 1.42 bits per heavy atom. The average molecular weight is 276 g/mol. The van der Waals surface area contributed by atoms with Crippen molar-refractivity contribution in [1.82, 2.24) is 4.90 Å². The van der Waals surface area contributed by atoms with Gasteiger partial charge in [0.2, 0.25) is 5.91 Å². The van der Waals surface area contributed by atoms with Crippen molar-refractivity contribution in [3.8, 4) is 5.75 Å². The van der Waals surface area contributed by atoms with Crippen molar-refractivity contribution in [2.75, 3.05) is 25.5 Å². The first-order valence-corrected chi connectivity index (χ1v) is 5.65. The van der Waals surface area contributed by atoms with Gasteiger partial charge in [-0.15, -0.1) is 13.2 Å². The Balaban J connectivity index is 2.60. The van der Waals surface area contributed by atoms with E-state index in [9.17, 15) is 18.0 Å². The van der Waals surface area contributed by atoms with E-state index in [0.717, 1.165) is 0 Å². The van der Waals surface area contributed by atoms with Gasteiger partial charge in [-0.25, -0.2) is 0 Å². The van der Waals surface area contributed by atoms with Crippen LogP contribution in [0.1, 0.15) is 6.92 Å². The third-order valence-corrected chi connectivity index (χ3v) is 2.41.